The first-order chi connectivity index (χ1) is 13.6. The molecule has 1 fully saturated rings. The molecular weight excluding hydrogens is 368 g/mol. The molecule has 2 aromatic carbocycles. The topological polar surface area (TPSA) is 58.5 Å². The molecule has 28 heavy (non-hydrogen) atoms. The monoisotopic (exact) mass is 390 g/mol. The van der Waals surface area contributed by atoms with Crippen LogP contribution < -0.4 is 5.32 Å². The molecule has 142 valence electrons. The van der Waals surface area contributed by atoms with Crippen LogP contribution in [0.5, 0.6) is 0 Å². The SMILES string of the molecule is CC1(C(=O)NC2=NC(c3ccccc3)CS2)CC2C(=O)CC1c1ccccc12. The fraction of sp³-hybridized carbons (Fsp3) is 0.348. The minimum absolute atomic E-state index is 0.00975. The van der Waals surface area contributed by atoms with E-state index in [1.54, 1.807) is 11.8 Å². The van der Waals surface area contributed by atoms with E-state index in [-0.39, 0.29) is 29.6 Å². The van der Waals surface area contributed by atoms with Crippen molar-refractivity contribution in [1.82, 2.24) is 5.32 Å². The van der Waals surface area contributed by atoms with Gasteiger partial charge in [-0.25, -0.2) is 0 Å². The van der Waals surface area contributed by atoms with Crippen LogP contribution >= 0.6 is 11.8 Å². The van der Waals surface area contributed by atoms with E-state index in [0.717, 1.165) is 11.3 Å². The zero-order valence-electron chi connectivity index (χ0n) is 15.7. The second-order valence-corrected chi connectivity index (χ2v) is 9.16. The quantitative estimate of drug-likeness (QED) is 0.836. The Labute approximate surface area is 168 Å². The highest BCUT2D eigenvalue weighted by Gasteiger charge is 2.54. The number of benzene rings is 2. The lowest BCUT2D eigenvalue weighted by molar-refractivity contribution is -0.137. The van der Waals surface area contributed by atoms with E-state index < -0.39 is 5.41 Å². The van der Waals surface area contributed by atoms with E-state index in [1.807, 2.05) is 43.3 Å². The van der Waals surface area contributed by atoms with Gasteiger partial charge in [0.05, 0.1) is 11.5 Å². The molecule has 4 aliphatic rings. The molecule has 0 aromatic heterocycles. The molecule has 0 spiro atoms. The van der Waals surface area contributed by atoms with Gasteiger partial charge in [-0.3, -0.25) is 14.6 Å². The minimum atomic E-state index is -0.582. The van der Waals surface area contributed by atoms with E-state index in [2.05, 4.69) is 23.5 Å². The summed E-state index contributed by atoms with van der Waals surface area (Å²) in [5.74, 6) is 0.879. The largest absolute Gasteiger partial charge is 0.305 e. The van der Waals surface area contributed by atoms with Gasteiger partial charge in [-0.2, -0.15) is 0 Å². The molecule has 1 aliphatic heterocycles. The average Bonchev–Trinajstić information content (AvgIpc) is 3.18. The van der Waals surface area contributed by atoms with Gasteiger partial charge in [0.15, 0.2) is 5.17 Å². The molecule has 0 saturated heterocycles. The molecule has 1 saturated carbocycles. The number of hydrogen-bond donors (Lipinski definition) is 1. The standard InChI is InChI=1S/C23H22N2O2S/c1-23(12-17-15-9-5-6-10-16(15)18(23)11-20(17)26)21(27)25-22-24-19(13-28-22)14-7-3-2-4-8-14/h2-10,17-19H,11-13H2,1H3,(H,24,25,27). The van der Waals surface area contributed by atoms with Crippen molar-refractivity contribution in [3.63, 3.8) is 0 Å². The number of nitrogens with one attached hydrogen (secondary N) is 1. The molecule has 5 heteroatoms. The maximum absolute atomic E-state index is 13.3. The first kappa shape index (κ1) is 17.7. The Morgan fingerprint density at radius 3 is 2.61 bits per heavy atom. The van der Waals surface area contributed by atoms with Crippen LogP contribution in [0.3, 0.4) is 0 Å². The van der Waals surface area contributed by atoms with Crippen molar-refractivity contribution in [3.8, 4) is 0 Å². The lowest BCUT2D eigenvalue weighted by Crippen LogP contribution is -2.51. The van der Waals surface area contributed by atoms with E-state index >= 15 is 0 Å². The number of fused-ring (bicyclic) bond motifs is 2. The van der Waals surface area contributed by atoms with Crippen LogP contribution in [0.25, 0.3) is 0 Å². The van der Waals surface area contributed by atoms with Crippen LogP contribution in [0.4, 0.5) is 0 Å². The number of carbonyl (C=O) groups is 2. The summed E-state index contributed by atoms with van der Waals surface area (Å²) in [6, 6.07) is 18.4. The number of amides is 1. The van der Waals surface area contributed by atoms with Crippen LogP contribution in [-0.4, -0.2) is 22.6 Å². The highest BCUT2D eigenvalue weighted by Crippen LogP contribution is 2.57. The smallest absolute Gasteiger partial charge is 0.232 e. The van der Waals surface area contributed by atoms with Crippen molar-refractivity contribution in [3.05, 3.63) is 71.3 Å². The van der Waals surface area contributed by atoms with Crippen LogP contribution in [0, 0.1) is 5.41 Å². The Balaban J connectivity index is 1.39. The second-order valence-electron chi connectivity index (χ2n) is 8.15. The Morgan fingerprint density at radius 1 is 1.11 bits per heavy atom. The van der Waals surface area contributed by atoms with Crippen LogP contribution in [0.2, 0.25) is 0 Å². The number of Topliss-reactive ketones (excluding diaryl/α,β-unsaturated/α-hetero) is 1. The first-order valence-corrected chi connectivity index (χ1v) is 10.7. The zero-order chi connectivity index (χ0) is 19.3. The van der Waals surface area contributed by atoms with Gasteiger partial charge >= 0.3 is 0 Å². The number of ketones is 1. The van der Waals surface area contributed by atoms with E-state index in [9.17, 15) is 9.59 Å². The molecule has 1 amide bonds. The molecule has 4 nitrogen and oxygen atoms in total. The third-order valence-electron chi connectivity index (χ3n) is 6.51. The summed E-state index contributed by atoms with van der Waals surface area (Å²) in [4.78, 5) is 30.5. The highest BCUT2D eigenvalue weighted by atomic mass is 32.2. The van der Waals surface area contributed by atoms with E-state index in [0.29, 0.717) is 18.0 Å². The summed E-state index contributed by atoms with van der Waals surface area (Å²) in [6.07, 6.45) is 1.04. The number of amidine groups is 1. The predicted octanol–water partition coefficient (Wildman–Crippen LogP) is 4.20. The van der Waals surface area contributed by atoms with Crippen molar-refractivity contribution in [1.29, 1.82) is 0 Å². The molecule has 1 N–H and O–H groups in total. The van der Waals surface area contributed by atoms with Gasteiger partial charge in [-0.05, 0) is 23.1 Å². The summed E-state index contributed by atoms with van der Waals surface area (Å²) in [7, 11) is 0. The summed E-state index contributed by atoms with van der Waals surface area (Å²) in [5.41, 5.74) is 2.87. The summed E-state index contributed by atoms with van der Waals surface area (Å²) in [5, 5.41) is 3.78. The van der Waals surface area contributed by atoms with Gasteiger partial charge < -0.3 is 5.32 Å². The number of nitrogens with zero attached hydrogens (tertiary/aromatic N) is 1. The predicted molar refractivity (Wildman–Crippen MR) is 111 cm³/mol. The minimum Gasteiger partial charge on any atom is -0.305 e. The molecule has 1 heterocycles. The van der Waals surface area contributed by atoms with E-state index in [1.165, 1.54) is 11.1 Å². The summed E-state index contributed by atoms with van der Waals surface area (Å²) < 4.78 is 0. The Kier molecular flexibility index (Phi) is 4.16. The number of aliphatic imine (C=N–C) groups is 1. The third-order valence-corrected chi connectivity index (χ3v) is 7.48. The van der Waals surface area contributed by atoms with Crippen molar-refractivity contribution >= 4 is 28.6 Å². The maximum atomic E-state index is 13.3. The van der Waals surface area contributed by atoms with Gasteiger partial charge in [0, 0.05) is 24.0 Å². The number of carbonyl (C=O) groups excluding carboxylic acids is 2. The van der Waals surface area contributed by atoms with Gasteiger partial charge in [0.2, 0.25) is 5.91 Å². The fourth-order valence-corrected chi connectivity index (χ4v) is 5.86. The van der Waals surface area contributed by atoms with Crippen molar-refractivity contribution in [2.24, 2.45) is 10.4 Å². The Morgan fingerprint density at radius 2 is 1.82 bits per heavy atom. The number of rotatable bonds is 2. The van der Waals surface area contributed by atoms with Gasteiger partial charge in [0.1, 0.15) is 5.78 Å². The molecule has 4 atom stereocenters. The molecule has 0 radical (unpaired) electrons. The molecule has 4 unspecified atom stereocenters. The molecule has 6 rings (SSSR count). The second kappa shape index (κ2) is 6.59. The number of thioether (sulfide) groups is 1. The number of hydrogen-bond acceptors (Lipinski definition) is 4. The van der Waals surface area contributed by atoms with Gasteiger partial charge in [-0.1, -0.05) is 73.3 Å². The average molecular weight is 391 g/mol. The summed E-state index contributed by atoms with van der Waals surface area (Å²) >= 11 is 1.59. The van der Waals surface area contributed by atoms with Crippen LogP contribution in [-0.2, 0) is 9.59 Å². The zero-order valence-corrected chi connectivity index (χ0v) is 16.5. The highest BCUT2D eigenvalue weighted by molar-refractivity contribution is 8.14. The Hall–Kier alpha value is -2.40. The van der Waals surface area contributed by atoms with Crippen molar-refractivity contribution in [2.75, 3.05) is 5.75 Å². The summed E-state index contributed by atoms with van der Waals surface area (Å²) in [6.45, 7) is 2.01. The van der Waals surface area contributed by atoms with Crippen molar-refractivity contribution in [2.45, 2.75) is 37.6 Å². The van der Waals surface area contributed by atoms with E-state index in [4.69, 9.17) is 4.99 Å². The normalized spacial score (nSPS) is 30.7. The van der Waals surface area contributed by atoms with Crippen molar-refractivity contribution < 1.29 is 9.59 Å². The van der Waals surface area contributed by atoms with Gasteiger partial charge in [-0.15, -0.1) is 0 Å². The maximum Gasteiger partial charge on any atom is 0.232 e. The lowest BCUT2D eigenvalue weighted by Gasteiger charge is -2.48. The fourth-order valence-electron chi connectivity index (χ4n) is 4.91. The van der Waals surface area contributed by atoms with Crippen LogP contribution in [0.1, 0.15) is 54.3 Å². The molecule has 2 aromatic rings. The molecular formula is C23H22N2O2S. The van der Waals surface area contributed by atoms with Crippen LogP contribution in [0.15, 0.2) is 59.6 Å². The lowest BCUT2D eigenvalue weighted by atomic mass is 9.54. The Bertz CT molecular complexity index is 987. The first-order valence-electron chi connectivity index (χ1n) is 9.75. The molecule has 3 aliphatic carbocycles. The molecule has 2 bridgehead atoms. The third kappa shape index (κ3) is 2.72. The van der Waals surface area contributed by atoms with Gasteiger partial charge in [0.25, 0.3) is 0 Å².